The highest BCUT2D eigenvalue weighted by Crippen LogP contribution is 2.20. The highest BCUT2D eigenvalue weighted by molar-refractivity contribution is 5.97. The van der Waals surface area contributed by atoms with Crippen LogP contribution in [-0.2, 0) is 11.2 Å². The molecule has 1 amide bonds. The van der Waals surface area contributed by atoms with E-state index < -0.39 is 23.7 Å². The maximum Gasteiger partial charge on any atom is 0.326 e. The number of aromatic nitrogens is 2. The van der Waals surface area contributed by atoms with Crippen LogP contribution in [0.5, 0.6) is 0 Å². The molecule has 7 heteroatoms. The predicted octanol–water partition coefficient (Wildman–Crippen LogP) is 3.28. The molecule has 0 spiro atoms. The van der Waals surface area contributed by atoms with Crippen LogP contribution in [0, 0.1) is 5.82 Å². The number of para-hydroxylation sites is 2. The third-order valence-electron chi connectivity index (χ3n) is 4.61. The first kappa shape index (κ1) is 17.7. The van der Waals surface area contributed by atoms with Crippen LogP contribution in [0.2, 0.25) is 0 Å². The van der Waals surface area contributed by atoms with Crippen LogP contribution in [0.25, 0.3) is 21.8 Å². The molecule has 0 unspecified atom stereocenters. The first-order chi connectivity index (χ1) is 13.5. The van der Waals surface area contributed by atoms with E-state index in [4.69, 9.17) is 0 Å². The molecule has 28 heavy (non-hydrogen) atoms. The van der Waals surface area contributed by atoms with E-state index >= 15 is 0 Å². The van der Waals surface area contributed by atoms with E-state index in [2.05, 4.69) is 15.3 Å². The number of amides is 1. The number of carboxylic acids is 1. The summed E-state index contributed by atoms with van der Waals surface area (Å²) < 4.78 is 13.9. The van der Waals surface area contributed by atoms with Crippen molar-refractivity contribution in [3.8, 4) is 0 Å². The summed E-state index contributed by atoms with van der Waals surface area (Å²) in [5.74, 6) is -2.37. The number of aromatic amines is 1. The van der Waals surface area contributed by atoms with Gasteiger partial charge in [-0.3, -0.25) is 4.79 Å². The second-order valence-electron chi connectivity index (χ2n) is 6.44. The van der Waals surface area contributed by atoms with Gasteiger partial charge in [0.05, 0.1) is 0 Å². The molecule has 0 saturated carbocycles. The zero-order chi connectivity index (χ0) is 19.7. The van der Waals surface area contributed by atoms with Gasteiger partial charge in [0.25, 0.3) is 5.91 Å². The number of H-pyrrole nitrogens is 1. The van der Waals surface area contributed by atoms with Crippen LogP contribution in [0.15, 0.2) is 60.8 Å². The van der Waals surface area contributed by atoms with E-state index in [0.717, 1.165) is 16.5 Å². The van der Waals surface area contributed by atoms with Gasteiger partial charge in [-0.2, -0.15) is 0 Å². The number of halogens is 1. The lowest BCUT2D eigenvalue weighted by Crippen LogP contribution is -2.42. The number of rotatable bonds is 5. The largest absolute Gasteiger partial charge is 0.480 e. The number of aliphatic carboxylic acids is 1. The Balaban J connectivity index is 1.59. The first-order valence-corrected chi connectivity index (χ1v) is 8.67. The van der Waals surface area contributed by atoms with E-state index in [-0.39, 0.29) is 17.6 Å². The molecule has 1 atom stereocenters. The Kier molecular flexibility index (Phi) is 4.49. The molecule has 0 aliphatic carbocycles. The van der Waals surface area contributed by atoms with E-state index in [0.29, 0.717) is 5.39 Å². The van der Waals surface area contributed by atoms with Gasteiger partial charge >= 0.3 is 5.97 Å². The van der Waals surface area contributed by atoms with Crippen molar-refractivity contribution in [2.24, 2.45) is 0 Å². The van der Waals surface area contributed by atoms with Gasteiger partial charge in [-0.1, -0.05) is 36.4 Å². The molecule has 0 aliphatic rings. The van der Waals surface area contributed by atoms with E-state index in [1.807, 2.05) is 24.3 Å². The van der Waals surface area contributed by atoms with Crippen molar-refractivity contribution >= 4 is 33.7 Å². The van der Waals surface area contributed by atoms with Gasteiger partial charge in [0.1, 0.15) is 23.1 Å². The zero-order valence-electron chi connectivity index (χ0n) is 14.6. The average molecular weight is 377 g/mol. The summed E-state index contributed by atoms with van der Waals surface area (Å²) in [5.41, 5.74) is 1.70. The Morgan fingerprint density at radius 3 is 2.75 bits per heavy atom. The number of fused-ring (bicyclic) bond motifs is 2. The molecule has 0 aliphatic heterocycles. The highest BCUT2D eigenvalue weighted by atomic mass is 19.1. The van der Waals surface area contributed by atoms with Crippen molar-refractivity contribution in [3.05, 3.63) is 77.9 Å². The number of hydrogen-bond acceptors (Lipinski definition) is 3. The van der Waals surface area contributed by atoms with Gasteiger partial charge in [-0.15, -0.1) is 0 Å². The maximum atomic E-state index is 13.9. The number of nitrogens with zero attached hydrogens (tertiary/aromatic N) is 1. The molecule has 4 rings (SSSR count). The minimum atomic E-state index is -1.16. The quantitative estimate of drug-likeness (QED) is 0.497. The second-order valence-corrected chi connectivity index (χ2v) is 6.44. The monoisotopic (exact) mass is 377 g/mol. The molecule has 0 saturated heterocycles. The van der Waals surface area contributed by atoms with Gasteiger partial charge < -0.3 is 15.4 Å². The van der Waals surface area contributed by atoms with Gasteiger partial charge in [0.15, 0.2) is 0 Å². The lowest BCUT2D eigenvalue weighted by Gasteiger charge is -2.14. The number of hydrogen-bond donors (Lipinski definition) is 3. The third kappa shape index (κ3) is 3.29. The number of benzene rings is 2. The fourth-order valence-electron chi connectivity index (χ4n) is 3.19. The SMILES string of the molecule is O=C(N[C@H](Cc1c[nH]c2ccccc12)C(=O)O)c1ccc2cccc(F)c2n1. The van der Waals surface area contributed by atoms with Crippen molar-refractivity contribution in [1.82, 2.24) is 15.3 Å². The molecule has 3 N–H and O–H groups in total. The Morgan fingerprint density at radius 1 is 1.11 bits per heavy atom. The summed E-state index contributed by atoms with van der Waals surface area (Å²) in [6.07, 6.45) is 1.84. The Morgan fingerprint density at radius 2 is 1.93 bits per heavy atom. The van der Waals surface area contributed by atoms with Gasteiger partial charge in [-0.25, -0.2) is 14.2 Å². The van der Waals surface area contributed by atoms with E-state index in [1.165, 1.54) is 12.1 Å². The summed E-state index contributed by atoms with van der Waals surface area (Å²) in [7, 11) is 0. The van der Waals surface area contributed by atoms with Crippen molar-refractivity contribution in [3.63, 3.8) is 0 Å². The van der Waals surface area contributed by atoms with Crippen LogP contribution in [-0.4, -0.2) is 33.0 Å². The topological polar surface area (TPSA) is 95.1 Å². The van der Waals surface area contributed by atoms with E-state index in [9.17, 15) is 19.1 Å². The van der Waals surface area contributed by atoms with Crippen LogP contribution in [0.4, 0.5) is 4.39 Å². The lowest BCUT2D eigenvalue weighted by molar-refractivity contribution is -0.139. The summed E-state index contributed by atoms with van der Waals surface area (Å²) >= 11 is 0. The molecule has 140 valence electrons. The van der Waals surface area contributed by atoms with Crippen LogP contribution >= 0.6 is 0 Å². The molecule has 2 aromatic heterocycles. The number of pyridine rings is 1. The molecule has 0 radical (unpaired) electrons. The molecule has 0 fully saturated rings. The van der Waals surface area contributed by atoms with E-state index in [1.54, 1.807) is 24.4 Å². The standard InChI is InChI=1S/C21H16FN3O3/c22-15-6-3-4-12-8-9-17(24-19(12)15)20(26)25-18(21(27)28)10-13-11-23-16-7-2-1-5-14(13)16/h1-9,11,18,23H,10H2,(H,25,26)(H,27,28)/t18-/m1/s1. The molecular weight excluding hydrogens is 361 g/mol. The molecule has 2 heterocycles. The molecular formula is C21H16FN3O3. The number of carboxylic acid groups (broad SMARTS) is 1. The lowest BCUT2D eigenvalue weighted by atomic mass is 10.0. The summed E-state index contributed by atoms with van der Waals surface area (Å²) in [6, 6.07) is 13.9. The first-order valence-electron chi connectivity index (χ1n) is 8.67. The molecule has 2 aromatic carbocycles. The summed E-state index contributed by atoms with van der Waals surface area (Å²) in [6.45, 7) is 0. The molecule has 0 bridgehead atoms. The maximum absolute atomic E-state index is 13.9. The molecule has 6 nitrogen and oxygen atoms in total. The van der Waals surface area contributed by atoms with Crippen LogP contribution < -0.4 is 5.32 Å². The summed E-state index contributed by atoms with van der Waals surface area (Å²) in [4.78, 5) is 31.4. The van der Waals surface area contributed by atoms with Crippen LogP contribution in [0.3, 0.4) is 0 Å². The smallest absolute Gasteiger partial charge is 0.326 e. The Bertz CT molecular complexity index is 1200. The Hall–Kier alpha value is -3.74. The highest BCUT2D eigenvalue weighted by Gasteiger charge is 2.23. The third-order valence-corrected chi connectivity index (χ3v) is 4.61. The fourth-order valence-corrected chi connectivity index (χ4v) is 3.19. The fraction of sp³-hybridized carbons (Fsp3) is 0.0952. The van der Waals surface area contributed by atoms with Crippen LogP contribution in [0.1, 0.15) is 16.1 Å². The van der Waals surface area contributed by atoms with Crippen molar-refractivity contribution in [1.29, 1.82) is 0 Å². The number of carbonyl (C=O) groups excluding carboxylic acids is 1. The van der Waals surface area contributed by atoms with Crippen molar-refractivity contribution in [2.45, 2.75) is 12.5 Å². The zero-order valence-corrected chi connectivity index (χ0v) is 14.6. The number of nitrogens with one attached hydrogen (secondary N) is 2. The number of carbonyl (C=O) groups is 2. The normalized spacial score (nSPS) is 12.2. The van der Waals surface area contributed by atoms with Crippen molar-refractivity contribution < 1.29 is 19.1 Å². The second kappa shape index (κ2) is 7.11. The summed E-state index contributed by atoms with van der Waals surface area (Å²) in [5, 5.41) is 13.5. The van der Waals surface area contributed by atoms with Crippen molar-refractivity contribution in [2.75, 3.05) is 0 Å². The van der Waals surface area contributed by atoms with Gasteiger partial charge in [0, 0.05) is 28.9 Å². The minimum Gasteiger partial charge on any atom is -0.480 e. The predicted molar refractivity (Wildman–Crippen MR) is 103 cm³/mol. The molecule has 4 aromatic rings. The average Bonchev–Trinajstić information content (AvgIpc) is 3.10. The van der Waals surface area contributed by atoms with Gasteiger partial charge in [0.2, 0.25) is 0 Å². The Labute approximate surface area is 159 Å². The van der Waals surface area contributed by atoms with Gasteiger partial charge in [-0.05, 0) is 23.8 Å². The minimum absolute atomic E-state index is 0.0391.